The van der Waals surface area contributed by atoms with Crippen molar-refractivity contribution in [3.63, 3.8) is 0 Å². The summed E-state index contributed by atoms with van der Waals surface area (Å²) >= 11 is 3.21. The molecule has 1 heterocycles. The van der Waals surface area contributed by atoms with E-state index in [4.69, 9.17) is 0 Å². The maximum atomic E-state index is 13.5. The molecule has 1 aromatic heterocycles. The summed E-state index contributed by atoms with van der Waals surface area (Å²) in [4.78, 5) is 18.9. The fourth-order valence-electron chi connectivity index (χ4n) is 3.16. The maximum absolute atomic E-state index is 13.5. The number of benzene rings is 1. The van der Waals surface area contributed by atoms with Crippen molar-refractivity contribution < 1.29 is 9.18 Å². The third-order valence-corrected chi connectivity index (χ3v) is 5.01. The minimum atomic E-state index is -0.305. The van der Waals surface area contributed by atoms with Crippen molar-refractivity contribution in [3.8, 4) is 0 Å². The van der Waals surface area contributed by atoms with Gasteiger partial charge >= 0.3 is 0 Å². The molecule has 5 nitrogen and oxygen atoms in total. The lowest BCUT2D eigenvalue weighted by atomic mass is 9.93. The van der Waals surface area contributed by atoms with Gasteiger partial charge in [-0.3, -0.25) is 9.48 Å². The van der Waals surface area contributed by atoms with Crippen molar-refractivity contribution in [3.05, 3.63) is 46.2 Å². The molecule has 2 aromatic rings. The van der Waals surface area contributed by atoms with Gasteiger partial charge in [0.05, 0.1) is 4.47 Å². The van der Waals surface area contributed by atoms with Crippen LogP contribution in [-0.2, 0) is 13.6 Å². The van der Waals surface area contributed by atoms with Gasteiger partial charge in [-0.25, -0.2) is 9.37 Å². The van der Waals surface area contributed by atoms with Crippen LogP contribution >= 0.6 is 15.9 Å². The summed E-state index contributed by atoms with van der Waals surface area (Å²) in [5, 5.41) is 4.14. The smallest absolute Gasteiger partial charge is 0.294 e. The number of carbonyl (C=O) groups is 1. The van der Waals surface area contributed by atoms with Gasteiger partial charge in [-0.1, -0.05) is 25.3 Å². The molecule has 0 aliphatic heterocycles. The molecule has 1 aliphatic rings. The van der Waals surface area contributed by atoms with E-state index in [2.05, 4.69) is 26.0 Å². The van der Waals surface area contributed by atoms with Gasteiger partial charge in [0.1, 0.15) is 12.1 Å². The second-order valence-electron chi connectivity index (χ2n) is 6.22. The van der Waals surface area contributed by atoms with Crippen molar-refractivity contribution in [1.29, 1.82) is 0 Å². The van der Waals surface area contributed by atoms with Crippen molar-refractivity contribution in [1.82, 2.24) is 19.7 Å². The van der Waals surface area contributed by atoms with Gasteiger partial charge < -0.3 is 4.90 Å². The number of aryl methyl sites for hydroxylation is 1. The number of nitrogens with zero attached hydrogens (tertiary/aromatic N) is 4. The molecule has 1 saturated carbocycles. The molecule has 3 rings (SSSR count). The van der Waals surface area contributed by atoms with Crippen LogP contribution in [0.3, 0.4) is 0 Å². The lowest BCUT2D eigenvalue weighted by Gasteiger charge is -2.34. The van der Waals surface area contributed by atoms with Crippen LogP contribution in [0.5, 0.6) is 0 Å². The Labute approximate surface area is 149 Å². The molecule has 24 heavy (non-hydrogen) atoms. The van der Waals surface area contributed by atoms with E-state index in [-0.39, 0.29) is 23.6 Å². The van der Waals surface area contributed by atoms with Crippen LogP contribution in [0.4, 0.5) is 4.39 Å². The number of hydrogen-bond donors (Lipinski definition) is 0. The Kier molecular flexibility index (Phi) is 5.28. The van der Waals surface area contributed by atoms with Gasteiger partial charge in [0, 0.05) is 19.6 Å². The Morgan fingerprint density at radius 1 is 1.38 bits per heavy atom. The Hall–Kier alpha value is -1.76. The third-order valence-electron chi connectivity index (χ3n) is 4.40. The van der Waals surface area contributed by atoms with E-state index in [1.54, 1.807) is 19.2 Å². The molecule has 0 atom stereocenters. The summed E-state index contributed by atoms with van der Waals surface area (Å²) in [5.74, 6) is -0.257. The third kappa shape index (κ3) is 3.83. The molecule has 128 valence electrons. The van der Waals surface area contributed by atoms with Gasteiger partial charge in [-0.15, -0.1) is 5.10 Å². The predicted molar refractivity (Wildman–Crippen MR) is 91.8 cm³/mol. The van der Waals surface area contributed by atoms with Gasteiger partial charge in [0.15, 0.2) is 0 Å². The van der Waals surface area contributed by atoms with Crippen LogP contribution in [0.2, 0.25) is 0 Å². The molecule has 0 radical (unpaired) electrons. The molecular weight excluding hydrogens is 375 g/mol. The molecule has 1 amide bonds. The highest BCUT2D eigenvalue weighted by molar-refractivity contribution is 9.10. The number of aromatic nitrogens is 3. The van der Waals surface area contributed by atoms with Crippen molar-refractivity contribution in [2.24, 2.45) is 7.05 Å². The average Bonchev–Trinajstić information content (AvgIpc) is 3.02. The highest BCUT2D eigenvalue weighted by atomic mass is 79.9. The molecule has 0 unspecified atom stereocenters. The Morgan fingerprint density at radius 3 is 2.75 bits per heavy atom. The lowest BCUT2D eigenvalue weighted by molar-refractivity contribution is 0.0601. The summed E-state index contributed by atoms with van der Waals surface area (Å²) in [7, 11) is 1.74. The minimum absolute atomic E-state index is 0.164. The quantitative estimate of drug-likeness (QED) is 0.794. The summed E-state index contributed by atoms with van der Waals surface area (Å²) in [6.45, 7) is 0.431. The molecule has 1 aromatic carbocycles. The fraction of sp³-hybridized carbons (Fsp3) is 0.471. The number of amides is 1. The highest BCUT2D eigenvalue weighted by Gasteiger charge is 2.28. The largest absolute Gasteiger partial charge is 0.329 e. The molecule has 0 spiro atoms. The summed E-state index contributed by atoms with van der Waals surface area (Å²) in [6, 6.07) is 5.04. The molecule has 1 aliphatic carbocycles. The zero-order chi connectivity index (χ0) is 17.1. The van der Waals surface area contributed by atoms with Crippen molar-refractivity contribution in [2.45, 2.75) is 44.7 Å². The molecule has 0 saturated heterocycles. The Balaban J connectivity index is 1.86. The van der Waals surface area contributed by atoms with Gasteiger partial charge in [0.2, 0.25) is 5.82 Å². The number of carbonyl (C=O) groups excluding carboxylic acids is 1. The second-order valence-corrected chi connectivity index (χ2v) is 7.07. The van der Waals surface area contributed by atoms with E-state index in [9.17, 15) is 9.18 Å². The first-order valence-electron chi connectivity index (χ1n) is 8.15. The molecule has 0 bridgehead atoms. The van der Waals surface area contributed by atoms with E-state index < -0.39 is 0 Å². The summed E-state index contributed by atoms with van der Waals surface area (Å²) < 4.78 is 15.4. The lowest BCUT2D eigenvalue weighted by Crippen LogP contribution is -2.41. The standard InChI is InChI=1S/C17H20BrFN4O/c1-22-11-20-16(21-22)17(24)23(13-5-3-2-4-6-13)10-12-7-8-15(19)14(18)9-12/h7-9,11,13H,2-6,10H2,1H3. The average molecular weight is 395 g/mol. The Bertz CT molecular complexity index is 727. The van der Waals surface area contributed by atoms with Gasteiger partial charge in [0.25, 0.3) is 5.91 Å². The maximum Gasteiger partial charge on any atom is 0.294 e. The minimum Gasteiger partial charge on any atom is -0.329 e. The van der Waals surface area contributed by atoms with E-state index in [1.807, 2.05) is 4.90 Å². The summed E-state index contributed by atoms with van der Waals surface area (Å²) in [5.41, 5.74) is 0.887. The highest BCUT2D eigenvalue weighted by Crippen LogP contribution is 2.26. The van der Waals surface area contributed by atoms with Crippen molar-refractivity contribution >= 4 is 21.8 Å². The number of halogens is 2. The normalized spacial score (nSPS) is 15.5. The molecular formula is C17H20BrFN4O. The second kappa shape index (κ2) is 7.42. The van der Waals surface area contributed by atoms with E-state index >= 15 is 0 Å². The fourth-order valence-corrected chi connectivity index (χ4v) is 3.59. The van der Waals surface area contributed by atoms with Crippen LogP contribution in [0.15, 0.2) is 29.0 Å². The van der Waals surface area contributed by atoms with E-state index in [1.165, 1.54) is 23.5 Å². The Morgan fingerprint density at radius 2 is 2.12 bits per heavy atom. The zero-order valence-corrected chi connectivity index (χ0v) is 15.2. The van der Waals surface area contributed by atoms with Gasteiger partial charge in [-0.05, 0) is 46.5 Å². The van der Waals surface area contributed by atoms with Crippen molar-refractivity contribution in [2.75, 3.05) is 0 Å². The van der Waals surface area contributed by atoms with E-state index in [0.29, 0.717) is 11.0 Å². The number of hydrogen-bond acceptors (Lipinski definition) is 3. The molecule has 1 fully saturated rings. The SMILES string of the molecule is Cn1cnc(C(=O)N(Cc2ccc(F)c(Br)c2)C2CCCCC2)n1. The zero-order valence-electron chi connectivity index (χ0n) is 13.6. The first-order valence-corrected chi connectivity index (χ1v) is 8.94. The van der Waals surface area contributed by atoms with Crippen LogP contribution in [0.25, 0.3) is 0 Å². The van der Waals surface area contributed by atoms with Crippen LogP contribution in [-0.4, -0.2) is 31.6 Å². The monoisotopic (exact) mass is 394 g/mol. The van der Waals surface area contributed by atoms with Gasteiger partial charge in [-0.2, -0.15) is 0 Å². The van der Waals surface area contributed by atoms with Crippen LogP contribution in [0, 0.1) is 5.82 Å². The predicted octanol–water partition coefficient (Wildman–Crippen LogP) is 3.69. The molecule has 0 N–H and O–H groups in total. The van der Waals surface area contributed by atoms with E-state index in [0.717, 1.165) is 31.2 Å². The topological polar surface area (TPSA) is 51.0 Å². The van der Waals surface area contributed by atoms with Crippen LogP contribution in [0.1, 0.15) is 48.3 Å². The number of rotatable bonds is 4. The molecule has 7 heteroatoms. The summed E-state index contributed by atoms with van der Waals surface area (Å²) in [6.07, 6.45) is 6.96. The van der Waals surface area contributed by atoms with Crippen LogP contribution < -0.4 is 0 Å². The first kappa shape index (κ1) is 17.1. The first-order chi connectivity index (χ1) is 11.5.